The zero-order valence-corrected chi connectivity index (χ0v) is 20.2. The molecular weight excluding hydrogens is 416 g/mol. The Morgan fingerprint density at radius 3 is 1.34 bits per heavy atom. The summed E-state index contributed by atoms with van der Waals surface area (Å²) in [5, 5.41) is 0. The Balaban J connectivity index is 0.000000181. The van der Waals surface area contributed by atoms with Crippen LogP contribution >= 0.6 is 0 Å². The monoisotopic (exact) mass is 456 g/mol. The first-order chi connectivity index (χ1) is 14.7. The summed E-state index contributed by atoms with van der Waals surface area (Å²) in [7, 11) is 0. The highest BCUT2D eigenvalue weighted by Crippen LogP contribution is 2.30. The summed E-state index contributed by atoms with van der Waals surface area (Å²) in [5.74, 6) is 0.542. The van der Waals surface area contributed by atoms with Gasteiger partial charge in [-0.05, 0) is 41.5 Å². The van der Waals surface area contributed by atoms with Crippen LogP contribution in [0.2, 0.25) is 0 Å². The molecule has 10 nitrogen and oxygen atoms in total. The maximum absolute atomic E-state index is 11.8. The summed E-state index contributed by atoms with van der Waals surface area (Å²) in [5.41, 5.74) is 10.9. The molecule has 0 aromatic carbocycles. The van der Waals surface area contributed by atoms with Gasteiger partial charge in [-0.3, -0.25) is 0 Å². The predicted molar refractivity (Wildman–Crippen MR) is 118 cm³/mol. The van der Waals surface area contributed by atoms with Gasteiger partial charge in [0.25, 0.3) is 0 Å². The van der Waals surface area contributed by atoms with Crippen molar-refractivity contribution in [3.8, 4) is 0 Å². The van der Waals surface area contributed by atoms with Gasteiger partial charge in [-0.25, -0.2) is 9.59 Å². The van der Waals surface area contributed by atoms with Crippen LogP contribution in [0.15, 0.2) is 0 Å². The largest absolute Gasteiger partial charge is 0.444 e. The minimum Gasteiger partial charge on any atom is -0.444 e. The van der Waals surface area contributed by atoms with Crippen molar-refractivity contribution in [3.63, 3.8) is 0 Å². The van der Waals surface area contributed by atoms with E-state index >= 15 is 0 Å². The highest BCUT2D eigenvalue weighted by atomic mass is 16.6. The van der Waals surface area contributed by atoms with Crippen molar-refractivity contribution in [2.45, 2.75) is 77.0 Å². The number of amides is 2. The molecule has 0 spiro atoms. The third-order valence-corrected chi connectivity index (χ3v) is 6.03. The number of nitrogens with two attached hydrogens (primary N) is 2. The van der Waals surface area contributed by atoms with E-state index in [0.29, 0.717) is 39.4 Å². The summed E-state index contributed by atoms with van der Waals surface area (Å²) in [6, 6.07) is 0.106. The Kier molecular flexibility index (Phi) is 7.29. The van der Waals surface area contributed by atoms with E-state index in [1.54, 1.807) is 9.80 Å². The number of hydrogen-bond donors (Lipinski definition) is 2. The number of carbonyl (C=O) groups excluding carboxylic acids is 2. The van der Waals surface area contributed by atoms with Crippen LogP contribution in [0.3, 0.4) is 0 Å². The van der Waals surface area contributed by atoms with E-state index in [2.05, 4.69) is 0 Å². The molecule has 0 aromatic heterocycles. The van der Waals surface area contributed by atoms with Crippen molar-refractivity contribution in [2.75, 3.05) is 39.4 Å². The number of hydrogen-bond acceptors (Lipinski definition) is 8. The summed E-state index contributed by atoms with van der Waals surface area (Å²) in [6.45, 7) is 14.9. The van der Waals surface area contributed by atoms with Crippen molar-refractivity contribution < 1.29 is 28.5 Å². The molecule has 6 atom stereocenters. The smallest absolute Gasteiger partial charge is 0.410 e. The third kappa shape index (κ3) is 6.24. The number of ether oxygens (including phenoxy) is 4. The second kappa shape index (κ2) is 9.32. The second-order valence-corrected chi connectivity index (χ2v) is 11.2. The van der Waals surface area contributed by atoms with Crippen LogP contribution in [0.4, 0.5) is 9.59 Å². The fourth-order valence-electron chi connectivity index (χ4n) is 4.44. The first-order valence-corrected chi connectivity index (χ1v) is 11.4. The van der Waals surface area contributed by atoms with Gasteiger partial charge < -0.3 is 40.2 Å². The van der Waals surface area contributed by atoms with E-state index in [0.717, 1.165) is 0 Å². The summed E-state index contributed by atoms with van der Waals surface area (Å²) >= 11 is 0. The fourth-order valence-corrected chi connectivity index (χ4v) is 4.44. The number of fused-ring (bicyclic) bond motifs is 2. The Morgan fingerprint density at radius 1 is 0.719 bits per heavy atom. The van der Waals surface area contributed by atoms with Gasteiger partial charge in [0.15, 0.2) is 0 Å². The average Bonchev–Trinajstić information content (AvgIpc) is 3.37. The van der Waals surface area contributed by atoms with Gasteiger partial charge in [-0.2, -0.15) is 0 Å². The van der Waals surface area contributed by atoms with Crippen molar-refractivity contribution in [1.29, 1.82) is 0 Å². The van der Waals surface area contributed by atoms with Gasteiger partial charge in [0, 0.05) is 37.0 Å². The lowest BCUT2D eigenvalue weighted by Gasteiger charge is -2.25. The zero-order valence-electron chi connectivity index (χ0n) is 20.2. The van der Waals surface area contributed by atoms with Crippen LogP contribution in [0.1, 0.15) is 41.5 Å². The third-order valence-electron chi connectivity index (χ3n) is 6.03. The van der Waals surface area contributed by atoms with Gasteiger partial charge in [-0.15, -0.1) is 0 Å². The molecule has 10 heteroatoms. The maximum atomic E-state index is 11.8. The van der Waals surface area contributed by atoms with Crippen LogP contribution < -0.4 is 11.5 Å². The van der Waals surface area contributed by atoms with Crippen LogP contribution in [0.25, 0.3) is 0 Å². The first kappa shape index (κ1) is 25.0. The highest BCUT2D eigenvalue weighted by Gasteiger charge is 2.45. The van der Waals surface area contributed by atoms with Gasteiger partial charge in [0.05, 0.1) is 38.5 Å². The fraction of sp³-hybridized carbons (Fsp3) is 0.909. The van der Waals surface area contributed by atoms with E-state index in [-0.39, 0.29) is 48.3 Å². The Labute approximate surface area is 190 Å². The lowest BCUT2D eigenvalue weighted by molar-refractivity contribution is 0.0223. The Morgan fingerprint density at radius 2 is 1.06 bits per heavy atom. The molecule has 0 bridgehead atoms. The van der Waals surface area contributed by atoms with E-state index in [1.807, 2.05) is 41.5 Å². The van der Waals surface area contributed by atoms with Gasteiger partial charge in [-0.1, -0.05) is 0 Å². The molecule has 4 saturated heterocycles. The van der Waals surface area contributed by atoms with Crippen molar-refractivity contribution in [2.24, 2.45) is 23.3 Å². The van der Waals surface area contributed by atoms with Gasteiger partial charge in [0.1, 0.15) is 11.2 Å². The minimum atomic E-state index is -0.447. The topological polar surface area (TPSA) is 130 Å². The molecule has 4 aliphatic heterocycles. The highest BCUT2D eigenvalue weighted by molar-refractivity contribution is 5.69. The Bertz CT molecular complexity index is 633. The second-order valence-electron chi connectivity index (χ2n) is 11.2. The average molecular weight is 457 g/mol. The number of likely N-dealkylation sites (tertiary alicyclic amines) is 2. The number of nitrogens with zero attached hydrogens (tertiary/aromatic N) is 2. The van der Waals surface area contributed by atoms with E-state index < -0.39 is 11.2 Å². The van der Waals surface area contributed by atoms with Crippen LogP contribution in [0, 0.1) is 11.8 Å². The molecule has 0 saturated carbocycles. The van der Waals surface area contributed by atoms with Crippen LogP contribution in [0.5, 0.6) is 0 Å². The summed E-state index contributed by atoms with van der Waals surface area (Å²) in [6.07, 6.45) is -0.333. The van der Waals surface area contributed by atoms with E-state index in [9.17, 15) is 9.59 Å². The number of carbonyl (C=O) groups is 2. The maximum Gasteiger partial charge on any atom is 0.410 e. The molecule has 184 valence electrons. The van der Waals surface area contributed by atoms with Crippen molar-refractivity contribution in [1.82, 2.24) is 9.80 Å². The molecule has 4 N–H and O–H groups in total. The molecule has 0 radical (unpaired) electrons. The molecule has 2 amide bonds. The van der Waals surface area contributed by atoms with Gasteiger partial charge >= 0.3 is 12.2 Å². The first-order valence-electron chi connectivity index (χ1n) is 11.4. The molecule has 4 fully saturated rings. The van der Waals surface area contributed by atoms with Gasteiger partial charge in [0.2, 0.25) is 0 Å². The molecule has 0 aliphatic carbocycles. The molecule has 0 aromatic rings. The molecule has 4 rings (SSSR count). The van der Waals surface area contributed by atoms with Crippen molar-refractivity contribution in [3.05, 3.63) is 0 Å². The standard InChI is InChI=1S/2C11H20N2O3/c2*1-11(2,3)16-10(14)13-4-7-8(12)6-15-9(7)5-13/h2*7-9H,4-6,12H2,1-3H3. The predicted octanol–water partition coefficient (Wildman–Crippen LogP) is 1.16. The van der Waals surface area contributed by atoms with Crippen molar-refractivity contribution >= 4 is 12.2 Å². The Hall–Kier alpha value is -1.62. The lowest BCUT2D eigenvalue weighted by atomic mass is 10.0. The molecule has 4 heterocycles. The zero-order chi connectivity index (χ0) is 23.8. The normalized spacial score (nSPS) is 34.0. The summed E-state index contributed by atoms with van der Waals surface area (Å²) < 4.78 is 21.7. The van der Waals surface area contributed by atoms with Crippen LogP contribution in [-0.2, 0) is 18.9 Å². The van der Waals surface area contributed by atoms with E-state index in [1.165, 1.54) is 0 Å². The van der Waals surface area contributed by atoms with Crippen LogP contribution in [-0.4, -0.2) is 96.9 Å². The molecule has 4 aliphatic rings. The molecule has 32 heavy (non-hydrogen) atoms. The SMILES string of the molecule is CC(C)(C)OC(=O)N1CC2OCC(N)C2C1.CC(C)(C)OC(=O)N1CC2OCC(N)C2C1. The molecular formula is C22H40N4O6. The lowest BCUT2D eigenvalue weighted by Crippen LogP contribution is -2.38. The molecule has 6 unspecified atom stereocenters. The minimum absolute atomic E-state index is 0.0532. The number of rotatable bonds is 0. The summed E-state index contributed by atoms with van der Waals surface area (Å²) in [4.78, 5) is 27.0. The van der Waals surface area contributed by atoms with E-state index in [4.69, 9.17) is 30.4 Å². The quantitative estimate of drug-likeness (QED) is 0.555.